The molecule has 30 rings (SSSR count). The summed E-state index contributed by atoms with van der Waals surface area (Å²) in [5.41, 5.74) is 44.6. The Labute approximate surface area is 869 Å². The average molecular weight is 1910 g/mol. The van der Waals surface area contributed by atoms with Crippen LogP contribution in [0.25, 0.3) is 183 Å². The first-order valence-electron chi connectivity index (χ1n) is 51.4. The molecule has 0 aliphatic carbocycles. The van der Waals surface area contributed by atoms with Crippen LogP contribution in [0.5, 0.6) is 0 Å². The van der Waals surface area contributed by atoms with E-state index in [1.165, 1.54) is 199 Å². The largest absolute Gasteiger partial charge is 0.309 e. The first-order valence-corrected chi connectivity index (χ1v) is 51.4. The van der Waals surface area contributed by atoms with Crippen molar-refractivity contribution in [2.45, 2.75) is 16.2 Å². The molecule has 3 aliphatic rings. The van der Waals surface area contributed by atoms with Crippen LogP contribution in [0.3, 0.4) is 0 Å². The van der Waals surface area contributed by atoms with Crippen molar-refractivity contribution in [1.29, 1.82) is 0 Å². The predicted octanol–water partition coefficient (Wildman–Crippen LogP) is 34.4. The van der Waals surface area contributed by atoms with Crippen molar-refractivity contribution < 1.29 is 0 Å². The molecule has 0 N–H and O–H groups in total. The van der Waals surface area contributed by atoms with Crippen molar-refractivity contribution in [3.63, 3.8) is 0 Å². The maximum absolute atomic E-state index is 4.96. The SMILES string of the molecule is c1ccc(-c2ccc(-c3ccc(C4(c5ccccc5)c5ccccc5-n5c6ccccc6c6cccc4c65)cc3)cc2-c2cccnc2)cc1.c1ccc(C2(c3ccc(-c4ccc(-c5cc(-c6ccccn6)nc(-c6ccccn6)c5)cc4)cc3)c3ccccc3-n3c4ccccc4c4cccc2c43)cc1.c1ccc(C2(c3ccc(-c4ccc(-c5ccncc5)cc4)cc3)c3ccccc3-n3c4ccccc4c4cccc2c43)cc1. The minimum absolute atomic E-state index is 0.481. The lowest BCUT2D eigenvalue weighted by Gasteiger charge is -2.41. The van der Waals surface area contributed by atoms with Crippen LogP contribution in [0.4, 0.5) is 0 Å². The van der Waals surface area contributed by atoms with Gasteiger partial charge in [0.15, 0.2) is 0 Å². The topological polar surface area (TPSA) is 79.2 Å². The van der Waals surface area contributed by atoms with Gasteiger partial charge in [-0.05, 0) is 236 Å². The Morgan fingerprint density at radius 3 is 0.833 bits per heavy atom. The second kappa shape index (κ2) is 36.6. The smallest absolute Gasteiger partial charge is 0.0900 e. The number of hydrogen-bond donors (Lipinski definition) is 0. The lowest BCUT2D eigenvalue weighted by Crippen LogP contribution is -2.35. The van der Waals surface area contributed by atoms with Crippen molar-refractivity contribution in [3.05, 3.63) is 638 Å². The number of rotatable bonds is 15. The van der Waals surface area contributed by atoms with Crippen molar-refractivity contribution in [1.82, 2.24) is 38.6 Å². The van der Waals surface area contributed by atoms with Gasteiger partial charge in [0, 0.05) is 75.1 Å². The highest BCUT2D eigenvalue weighted by molar-refractivity contribution is 6.15. The van der Waals surface area contributed by atoms with Crippen molar-refractivity contribution in [2.24, 2.45) is 0 Å². The third kappa shape index (κ3) is 14.2. The van der Waals surface area contributed by atoms with Crippen LogP contribution in [-0.2, 0) is 16.2 Å². The quantitative estimate of drug-likeness (QED) is 0.102. The molecule has 0 radical (unpaired) electrons. The zero-order valence-corrected chi connectivity index (χ0v) is 81.8. The lowest BCUT2D eigenvalue weighted by atomic mass is 9.63. The summed E-state index contributed by atoms with van der Waals surface area (Å²) in [5.74, 6) is 0. The Morgan fingerprint density at radius 1 is 0.160 bits per heavy atom. The fraction of sp³-hybridized carbons (Fsp3) is 0.0211. The van der Waals surface area contributed by atoms with E-state index >= 15 is 0 Å². The summed E-state index contributed by atoms with van der Waals surface area (Å²) in [7, 11) is 0. The van der Waals surface area contributed by atoms with Gasteiger partial charge in [0.2, 0.25) is 0 Å². The molecule has 19 aromatic carbocycles. The molecule has 8 nitrogen and oxygen atoms in total. The van der Waals surface area contributed by atoms with Crippen LogP contribution < -0.4 is 0 Å². The summed E-state index contributed by atoms with van der Waals surface area (Å²) in [5, 5.41) is 7.69. The van der Waals surface area contributed by atoms with Crippen LogP contribution in [0.1, 0.15) is 66.8 Å². The van der Waals surface area contributed by atoms with E-state index in [0.29, 0.717) is 0 Å². The number of hydrogen-bond acceptors (Lipinski definition) is 5. The van der Waals surface area contributed by atoms with E-state index in [4.69, 9.17) is 4.98 Å². The molecular weight excluding hydrogens is 1820 g/mol. The standard InChI is InChI=1S/C52H34N4.C48H32N2.C42H28N2/c1-2-13-39(14-3-1)52(43-17-5-7-22-50(43)56-49-21-6-4-15-41(49)42-16-12-18-44(52)51(42)56)40-29-27-36(28-30-40)35-23-25-37(26-24-35)38-33-47(45-19-8-10-31-53-45)55-48(34-38)46-20-9-11-32-54-46;1-3-13-34(14-4-1)39-29-26-35(31-42(39)36-15-12-30-49-32-36)33-24-27-38(28-25-33)48(37-16-5-2-6-17-37)43-20-8-10-23-46(43)50-45-22-9-7-18-40(45)41-19-11-21-44(48)47(41)50;1-2-9-33(10-3-1)42(34-23-21-31(22-24-34)29-17-19-30(20-18-29)32-25-27-43-28-26-32)37-13-5-7-16-40(37)44-39-15-6-4-11-35(39)36-12-8-14-38(42)41(36)44/h1-34H;1-32H;1-28H. The normalized spacial score (nSPS) is 14.9. The molecule has 150 heavy (non-hydrogen) atoms. The predicted molar refractivity (Wildman–Crippen MR) is 616 cm³/mol. The molecular formula is C142H94N8. The average Bonchev–Trinajstić information content (AvgIpc) is 1.52. The molecule has 702 valence electrons. The van der Waals surface area contributed by atoms with Crippen LogP contribution in [-0.4, -0.2) is 38.6 Å². The first-order chi connectivity index (χ1) is 74.4. The Balaban J connectivity index is 0.000000109. The second-order valence-corrected chi connectivity index (χ2v) is 39.1. The summed E-state index contributed by atoms with van der Waals surface area (Å²) in [6.07, 6.45) is 11.1. The van der Waals surface area contributed by atoms with Gasteiger partial charge in [-0.25, -0.2) is 4.98 Å². The van der Waals surface area contributed by atoms with Gasteiger partial charge in [0.1, 0.15) is 0 Å². The zero-order chi connectivity index (χ0) is 99.2. The summed E-state index contributed by atoms with van der Waals surface area (Å²) in [6, 6.07) is 194. The molecule has 11 heterocycles. The van der Waals surface area contributed by atoms with Gasteiger partial charge in [0.05, 0.1) is 89.2 Å². The monoisotopic (exact) mass is 1910 g/mol. The molecule has 0 amide bonds. The summed E-state index contributed by atoms with van der Waals surface area (Å²) < 4.78 is 7.45. The Morgan fingerprint density at radius 2 is 0.460 bits per heavy atom. The Bertz CT molecular complexity index is 9750. The van der Waals surface area contributed by atoms with Gasteiger partial charge in [0.25, 0.3) is 0 Å². The first kappa shape index (κ1) is 88.1. The van der Waals surface area contributed by atoms with Gasteiger partial charge in [-0.1, -0.05) is 437 Å². The number of para-hydroxylation sites is 9. The summed E-state index contributed by atoms with van der Waals surface area (Å²) in [4.78, 5) is 22.8. The van der Waals surface area contributed by atoms with Gasteiger partial charge in [-0.15, -0.1) is 0 Å². The minimum Gasteiger partial charge on any atom is -0.309 e. The van der Waals surface area contributed by atoms with Gasteiger partial charge in [-0.3, -0.25) is 19.9 Å². The summed E-state index contributed by atoms with van der Waals surface area (Å²) >= 11 is 0. The third-order valence-corrected chi connectivity index (χ3v) is 31.4. The molecule has 0 spiro atoms. The molecule has 0 bridgehead atoms. The zero-order valence-electron chi connectivity index (χ0n) is 81.8. The van der Waals surface area contributed by atoms with Gasteiger partial charge in [-0.2, -0.15) is 0 Å². The fourth-order valence-corrected chi connectivity index (χ4v) is 24.9. The number of pyridine rings is 5. The molecule has 3 atom stereocenters. The molecule has 8 heteroatoms. The molecule has 3 aliphatic heterocycles. The van der Waals surface area contributed by atoms with Crippen molar-refractivity contribution >= 4 is 65.4 Å². The van der Waals surface area contributed by atoms with Crippen LogP contribution in [0.2, 0.25) is 0 Å². The third-order valence-electron chi connectivity index (χ3n) is 31.4. The lowest BCUT2D eigenvalue weighted by molar-refractivity contribution is 0.728. The molecule has 8 aromatic heterocycles. The molecule has 0 saturated heterocycles. The maximum atomic E-state index is 4.96. The van der Waals surface area contributed by atoms with E-state index in [2.05, 4.69) is 525 Å². The molecule has 3 unspecified atom stereocenters. The van der Waals surface area contributed by atoms with E-state index in [0.717, 1.165) is 50.6 Å². The number of fused-ring (bicyclic) bond motifs is 15. The van der Waals surface area contributed by atoms with Crippen LogP contribution in [0.15, 0.2) is 571 Å². The van der Waals surface area contributed by atoms with Crippen molar-refractivity contribution in [3.8, 4) is 118 Å². The fourth-order valence-electron chi connectivity index (χ4n) is 24.9. The minimum atomic E-state index is -0.526. The van der Waals surface area contributed by atoms with Crippen molar-refractivity contribution in [2.75, 3.05) is 0 Å². The highest BCUT2D eigenvalue weighted by atomic mass is 15.0. The van der Waals surface area contributed by atoms with E-state index in [1.807, 2.05) is 67.3 Å². The summed E-state index contributed by atoms with van der Waals surface area (Å²) in [6.45, 7) is 0. The molecule has 0 fully saturated rings. The van der Waals surface area contributed by atoms with Crippen LogP contribution in [0, 0.1) is 0 Å². The maximum Gasteiger partial charge on any atom is 0.0900 e. The van der Waals surface area contributed by atoms with Gasteiger partial charge < -0.3 is 13.7 Å². The Hall–Kier alpha value is -19.7. The van der Waals surface area contributed by atoms with E-state index in [1.54, 1.807) is 12.4 Å². The highest BCUT2D eigenvalue weighted by Gasteiger charge is 2.49. The second-order valence-electron chi connectivity index (χ2n) is 39.1. The highest BCUT2D eigenvalue weighted by Crippen LogP contribution is 2.59. The molecule has 0 saturated carbocycles. The van der Waals surface area contributed by atoms with Gasteiger partial charge >= 0.3 is 0 Å². The van der Waals surface area contributed by atoms with E-state index in [-0.39, 0.29) is 0 Å². The van der Waals surface area contributed by atoms with Crippen LogP contribution >= 0.6 is 0 Å². The van der Waals surface area contributed by atoms with E-state index in [9.17, 15) is 0 Å². The van der Waals surface area contributed by atoms with E-state index < -0.39 is 16.2 Å². The molecule has 27 aromatic rings. The Kier molecular flexibility index (Phi) is 21.5. The number of nitrogens with zero attached hydrogens (tertiary/aromatic N) is 8. The number of benzene rings is 19. The number of aromatic nitrogens is 8.